The molecule has 0 amide bonds. The van der Waals surface area contributed by atoms with E-state index in [2.05, 4.69) is 28.2 Å². The van der Waals surface area contributed by atoms with Gasteiger partial charge in [0.25, 0.3) is 0 Å². The standard InChI is InChI=1S/C10H15N3/c1-7(13-4-2-3-12-13)10-8-5-11-6-9(8)10/h2-4,7-11H,5-6H2,1H3/t7?,8-,9+,10?. The molecule has 1 aromatic rings. The average Bonchev–Trinajstić information content (AvgIpc) is 2.68. The van der Waals surface area contributed by atoms with Crippen molar-refractivity contribution in [2.45, 2.75) is 13.0 Å². The minimum absolute atomic E-state index is 0.590. The summed E-state index contributed by atoms with van der Waals surface area (Å²) in [5, 5.41) is 7.72. The quantitative estimate of drug-likeness (QED) is 0.727. The van der Waals surface area contributed by atoms with Gasteiger partial charge >= 0.3 is 0 Å². The second kappa shape index (κ2) is 2.58. The van der Waals surface area contributed by atoms with Crippen LogP contribution in [0.1, 0.15) is 13.0 Å². The highest BCUT2D eigenvalue weighted by molar-refractivity contribution is 5.07. The van der Waals surface area contributed by atoms with Crippen molar-refractivity contribution in [1.29, 1.82) is 0 Å². The van der Waals surface area contributed by atoms with Gasteiger partial charge < -0.3 is 5.32 Å². The first kappa shape index (κ1) is 7.56. The minimum atomic E-state index is 0.590. The summed E-state index contributed by atoms with van der Waals surface area (Å²) in [6.45, 7) is 4.73. The summed E-state index contributed by atoms with van der Waals surface area (Å²) < 4.78 is 2.10. The third-order valence-corrected chi connectivity index (χ3v) is 3.66. The molecule has 2 fully saturated rings. The molecule has 2 aliphatic rings. The number of hydrogen-bond acceptors (Lipinski definition) is 2. The van der Waals surface area contributed by atoms with Crippen molar-refractivity contribution in [2.75, 3.05) is 13.1 Å². The highest BCUT2D eigenvalue weighted by Gasteiger charge is 2.55. The Morgan fingerprint density at radius 3 is 2.85 bits per heavy atom. The molecule has 1 aromatic heterocycles. The summed E-state index contributed by atoms with van der Waals surface area (Å²) in [6, 6.07) is 2.60. The lowest BCUT2D eigenvalue weighted by atomic mass is 10.1. The molecule has 0 aromatic carbocycles. The van der Waals surface area contributed by atoms with Crippen molar-refractivity contribution in [1.82, 2.24) is 15.1 Å². The second-order valence-electron chi connectivity index (χ2n) is 4.29. The smallest absolute Gasteiger partial charge is 0.0525 e. The number of fused-ring (bicyclic) bond motifs is 1. The maximum Gasteiger partial charge on any atom is 0.0525 e. The Bertz CT molecular complexity index is 283. The number of piperidine rings is 1. The summed E-state index contributed by atoms with van der Waals surface area (Å²) in [6.07, 6.45) is 3.94. The third kappa shape index (κ3) is 1.03. The van der Waals surface area contributed by atoms with Crippen LogP contribution in [0.3, 0.4) is 0 Å². The number of aromatic nitrogens is 2. The van der Waals surface area contributed by atoms with Crippen LogP contribution in [0.4, 0.5) is 0 Å². The van der Waals surface area contributed by atoms with E-state index in [1.165, 1.54) is 13.1 Å². The molecule has 13 heavy (non-hydrogen) atoms. The van der Waals surface area contributed by atoms with Gasteiger partial charge in [0, 0.05) is 12.4 Å². The van der Waals surface area contributed by atoms with Crippen LogP contribution in [0, 0.1) is 17.8 Å². The molecule has 1 aliphatic heterocycles. The van der Waals surface area contributed by atoms with Gasteiger partial charge in [-0.25, -0.2) is 0 Å². The number of nitrogens with one attached hydrogen (secondary N) is 1. The monoisotopic (exact) mass is 177 g/mol. The molecule has 70 valence electrons. The van der Waals surface area contributed by atoms with Gasteiger partial charge in [-0.05, 0) is 43.8 Å². The van der Waals surface area contributed by atoms with Crippen LogP contribution in [0.15, 0.2) is 18.5 Å². The van der Waals surface area contributed by atoms with Crippen molar-refractivity contribution in [3.63, 3.8) is 0 Å². The number of hydrogen-bond donors (Lipinski definition) is 1. The Morgan fingerprint density at radius 2 is 2.23 bits per heavy atom. The molecule has 0 bridgehead atoms. The fourth-order valence-corrected chi connectivity index (χ4v) is 2.88. The Hall–Kier alpha value is -0.830. The second-order valence-corrected chi connectivity index (χ2v) is 4.29. The Morgan fingerprint density at radius 1 is 1.46 bits per heavy atom. The average molecular weight is 177 g/mol. The van der Waals surface area contributed by atoms with Gasteiger partial charge in [0.2, 0.25) is 0 Å². The molecule has 2 heterocycles. The van der Waals surface area contributed by atoms with Gasteiger partial charge in [0.15, 0.2) is 0 Å². The molecular formula is C10H15N3. The van der Waals surface area contributed by atoms with Gasteiger partial charge in [0.05, 0.1) is 6.04 Å². The predicted octanol–water partition coefficient (Wildman–Crippen LogP) is 0.909. The largest absolute Gasteiger partial charge is 0.316 e. The van der Waals surface area contributed by atoms with Crippen LogP contribution in [0.25, 0.3) is 0 Å². The molecule has 4 atom stereocenters. The van der Waals surface area contributed by atoms with Crippen LogP contribution >= 0.6 is 0 Å². The van der Waals surface area contributed by atoms with Crippen LogP contribution in [-0.4, -0.2) is 22.9 Å². The normalized spacial score (nSPS) is 38.7. The highest BCUT2D eigenvalue weighted by Crippen LogP contribution is 2.54. The topological polar surface area (TPSA) is 29.9 Å². The van der Waals surface area contributed by atoms with E-state index in [-0.39, 0.29) is 0 Å². The van der Waals surface area contributed by atoms with E-state index in [1.807, 2.05) is 12.3 Å². The molecule has 1 saturated carbocycles. The first-order valence-electron chi connectivity index (χ1n) is 5.08. The van der Waals surface area contributed by atoms with Gasteiger partial charge in [-0.1, -0.05) is 0 Å². The summed E-state index contributed by atoms with van der Waals surface area (Å²) in [5.74, 6) is 2.74. The molecule has 3 heteroatoms. The maximum atomic E-state index is 4.30. The lowest BCUT2D eigenvalue weighted by Crippen LogP contribution is -2.19. The van der Waals surface area contributed by atoms with Crippen molar-refractivity contribution < 1.29 is 0 Å². The molecule has 3 rings (SSSR count). The summed E-state index contributed by atoms with van der Waals surface area (Å²) >= 11 is 0. The number of nitrogens with zero attached hydrogens (tertiary/aromatic N) is 2. The van der Waals surface area contributed by atoms with Crippen molar-refractivity contribution >= 4 is 0 Å². The SMILES string of the molecule is CC(C1[C@H]2CNC[C@@H]12)n1cccn1. The molecule has 3 nitrogen and oxygen atoms in total. The highest BCUT2D eigenvalue weighted by atomic mass is 15.3. The number of rotatable bonds is 2. The molecule has 1 saturated heterocycles. The van der Waals surface area contributed by atoms with Gasteiger partial charge in [-0.2, -0.15) is 5.10 Å². The van der Waals surface area contributed by atoms with E-state index in [0.29, 0.717) is 6.04 Å². The third-order valence-electron chi connectivity index (χ3n) is 3.66. The zero-order valence-electron chi connectivity index (χ0n) is 7.85. The Balaban J connectivity index is 1.74. The first-order chi connectivity index (χ1) is 6.38. The summed E-state index contributed by atoms with van der Waals surface area (Å²) in [5.41, 5.74) is 0. The van der Waals surface area contributed by atoms with Crippen molar-refractivity contribution in [3.05, 3.63) is 18.5 Å². The van der Waals surface area contributed by atoms with Gasteiger partial charge in [-0.15, -0.1) is 0 Å². The van der Waals surface area contributed by atoms with Crippen molar-refractivity contribution in [2.24, 2.45) is 17.8 Å². The van der Waals surface area contributed by atoms with E-state index in [4.69, 9.17) is 0 Å². The van der Waals surface area contributed by atoms with Gasteiger partial charge in [0.1, 0.15) is 0 Å². The summed E-state index contributed by atoms with van der Waals surface area (Å²) in [7, 11) is 0. The fourth-order valence-electron chi connectivity index (χ4n) is 2.88. The van der Waals surface area contributed by atoms with Crippen LogP contribution < -0.4 is 5.32 Å². The Labute approximate surface area is 78.1 Å². The fraction of sp³-hybridized carbons (Fsp3) is 0.700. The predicted molar refractivity (Wildman–Crippen MR) is 50.3 cm³/mol. The van der Waals surface area contributed by atoms with E-state index in [1.54, 1.807) is 0 Å². The lowest BCUT2D eigenvalue weighted by molar-refractivity contribution is 0.388. The first-order valence-corrected chi connectivity index (χ1v) is 5.08. The van der Waals surface area contributed by atoms with Crippen LogP contribution in [0.5, 0.6) is 0 Å². The van der Waals surface area contributed by atoms with Crippen molar-refractivity contribution in [3.8, 4) is 0 Å². The summed E-state index contributed by atoms with van der Waals surface area (Å²) in [4.78, 5) is 0. The van der Waals surface area contributed by atoms with E-state index < -0.39 is 0 Å². The zero-order chi connectivity index (χ0) is 8.84. The van der Waals surface area contributed by atoms with Gasteiger partial charge in [-0.3, -0.25) is 4.68 Å². The zero-order valence-corrected chi connectivity index (χ0v) is 7.85. The molecule has 1 aliphatic carbocycles. The molecule has 2 unspecified atom stereocenters. The van der Waals surface area contributed by atoms with Crippen LogP contribution in [0.2, 0.25) is 0 Å². The van der Waals surface area contributed by atoms with Crippen LogP contribution in [-0.2, 0) is 0 Å². The maximum absolute atomic E-state index is 4.30. The van der Waals surface area contributed by atoms with E-state index in [9.17, 15) is 0 Å². The van der Waals surface area contributed by atoms with E-state index >= 15 is 0 Å². The molecule has 0 spiro atoms. The Kier molecular flexibility index (Phi) is 1.50. The lowest BCUT2D eigenvalue weighted by Gasteiger charge is -2.14. The molecule has 0 radical (unpaired) electrons. The minimum Gasteiger partial charge on any atom is -0.316 e. The van der Waals surface area contributed by atoms with E-state index in [0.717, 1.165) is 17.8 Å². The molecule has 1 N–H and O–H groups in total. The molecular weight excluding hydrogens is 162 g/mol.